The van der Waals surface area contributed by atoms with E-state index in [1.165, 1.54) is 19.3 Å². The lowest BCUT2D eigenvalue weighted by Gasteiger charge is -2.28. The van der Waals surface area contributed by atoms with Gasteiger partial charge in [-0.1, -0.05) is 19.3 Å². The second kappa shape index (κ2) is 9.47. The molecule has 1 N–H and O–H groups in total. The van der Waals surface area contributed by atoms with Crippen molar-refractivity contribution < 1.29 is 24.1 Å². The maximum atomic E-state index is 10.8. The van der Waals surface area contributed by atoms with E-state index < -0.39 is 6.10 Å². The summed E-state index contributed by atoms with van der Waals surface area (Å²) < 4.78 is 21.9. The Labute approximate surface area is 146 Å². The molecule has 0 aromatic heterocycles. The molecule has 0 saturated heterocycles. The van der Waals surface area contributed by atoms with Crippen LogP contribution in [0, 0.1) is 5.92 Å². The molecule has 23 heavy (non-hydrogen) atoms. The fourth-order valence-electron chi connectivity index (χ4n) is 2.97. The number of ether oxygens (including phenoxy) is 4. The molecule has 1 unspecified atom stereocenters. The lowest BCUT2D eigenvalue weighted by atomic mass is 9.82. The second-order valence-corrected chi connectivity index (χ2v) is 6.62. The molecule has 0 bridgehead atoms. The summed E-state index contributed by atoms with van der Waals surface area (Å²) in [6.45, 7) is 0.283. The highest BCUT2D eigenvalue weighted by atomic mass is 79.9. The van der Waals surface area contributed by atoms with Gasteiger partial charge in [0.25, 0.3) is 0 Å². The fraction of sp³-hybridized carbons (Fsp3) is 0.647. The molecule has 6 heteroatoms. The van der Waals surface area contributed by atoms with Crippen LogP contribution in [0.3, 0.4) is 0 Å². The zero-order valence-electron chi connectivity index (χ0n) is 13.7. The smallest absolute Gasteiger partial charge is 0.188 e. The van der Waals surface area contributed by atoms with Crippen molar-refractivity contribution in [1.29, 1.82) is 0 Å². The van der Waals surface area contributed by atoms with Crippen molar-refractivity contribution in [2.75, 3.05) is 27.8 Å². The van der Waals surface area contributed by atoms with Crippen molar-refractivity contribution in [2.24, 2.45) is 5.92 Å². The first-order valence-electron chi connectivity index (χ1n) is 7.92. The molecular formula is C17H25BrO5. The summed E-state index contributed by atoms with van der Waals surface area (Å²) in [5.41, 5.74) is 0.739. The van der Waals surface area contributed by atoms with E-state index in [9.17, 15) is 5.11 Å². The van der Waals surface area contributed by atoms with Gasteiger partial charge in [-0.05, 0) is 46.8 Å². The molecule has 1 aliphatic carbocycles. The minimum atomic E-state index is -0.569. The lowest BCUT2D eigenvalue weighted by Crippen LogP contribution is -2.17. The predicted molar refractivity (Wildman–Crippen MR) is 90.7 cm³/mol. The Kier molecular flexibility index (Phi) is 7.62. The van der Waals surface area contributed by atoms with Crippen LogP contribution in [0.4, 0.5) is 0 Å². The van der Waals surface area contributed by atoms with Crippen LogP contribution in [0.5, 0.6) is 11.5 Å². The third-order valence-electron chi connectivity index (χ3n) is 4.14. The quantitative estimate of drug-likeness (QED) is 0.681. The number of benzene rings is 1. The normalized spacial score (nSPS) is 17.0. The first-order valence-corrected chi connectivity index (χ1v) is 8.71. The van der Waals surface area contributed by atoms with Crippen molar-refractivity contribution in [1.82, 2.24) is 0 Å². The standard InChI is InChI=1S/C17H25BrO5/c1-20-10-22-15-9-14(18)16(23-11-21-2)8-13(15)17(19)12-6-4-3-5-7-12/h8-9,12,17,19H,3-7,10-11H2,1-2H3. The van der Waals surface area contributed by atoms with Crippen LogP contribution in [0.1, 0.15) is 43.8 Å². The molecule has 1 aromatic carbocycles. The minimum Gasteiger partial charge on any atom is -0.467 e. The van der Waals surface area contributed by atoms with Crippen molar-refractivity contribution >= 4 is 15.9 Å². The maximum Gasteiger partial charge on any atom is 0.188 e. The summed E-state index contributed by atoms with van der Waals surface area (Å²) in [5, 5.41) is 10.8. The van der Waals surface area contributed by atoms with Gasteiger partial charge in [0.15, 0.2) is 13.6 Å². The van der Waals surface area contributed by atoms with E-state index in [0.717, 1.165) is 22.9 Å². The van der Waals surface area contributed by atoms with Gasteiger partial charge in [0.2, 0.25) is 0 Å². The van der Waals surface area contributed by atoms with Crippen LogP contribution in [0.25, 0.3) is 0 Å². The van der Waals surface area contributed by atoms with E-state index >= 15 is 0 Å². The number of hydrogen-bond donors (Lipinski definition) is 1. The van der Waals surface area contributed by atoms with E-state index in [4.69, 9.17) is 18.9 Å². The van der Waals surface area contributed by atoms with Gasteiger partial charge < -0.3 is 24.1 Å². The van der Waals surface area contributed by atoms with Gasteiger partial charge in [-0.25, -0.2) is 0 Å². The van der Waals surface area contributed by atoms with Crippen LogP contribution in [-0.2, 0) is 9.47 Å². The van der Waals surface area contributed by atoms with Crippen LogP contribution < -0.4 is 9.47 Å². The molecule has 0 heterocycles. The van der Waals surface area contributed by atoms with Gasteiger partial charge >= 0.3 is 0 Å². The average Bonchev–Trinajstić information content (AvgIpc) is 2.59. The first-order chi connectivity index (χ1) is 11.2. The SMILES string of the molecule is COCOc1cc(C(O)C2CCCCC2)c(OCOC)cc1Br. The van der Waals surface area contributed by atoms with Gasteiger partial charge in [0.1, 0.15) is 11.5 Å². The summed E-state index contributed by atoms with van der Waals surface area (Å²) in [6, 6.07) is 3.64. The monoisotopic (exact) mass is 388 g/mol. The molecule has 1 fully saturated rings. The van der Waals surface area contributed by atoms with Crippen molar-refractivity contribution in [2.45, 2.75) is 38.2 Å². The zero-order chi connectivity index (χ0) is 16.7. The van der Waals surface area contributed by atoms with Gasteiger partial charge in [0, 0.05) is 19.8 Å². The van der Waals surface area contributed by atoms with Gasteiger partial charge in [0.05, 0.1) is 10.6 Å². The van der Waals surface area contributed by atoms with Crippen LogP contribution in [-0.4, -0.2) is 32.9 Å². The Morgan fingerprint density at radius 1 is 1.04 bits per heavy atom. The third kappa shape index (κ3) is 5.08. The van der Waals surface area contributed by atoms with Gasteiger partial charge in [-0.15, -0.1) is 0 Å². The predicted octanol–water partition coefficient (Wildman–Crippen LogP) is 4.03. The maximum absolute atomic E-state index is 10.8. The lowest BCUT2D eigenvalue weighted by molar-refractivity contribution is 0.0400. The molecule has 2 rings (SSSR count). The van der Waals surface area contributed by atoms with E-state index in [0.29, 0.717) is 11.5 Å². The van der Waals surface area contributed by atoms with Crippen LogP contribution in [0.15, 0.2) is 16.6 Å². The van der Waals surface area contributed by atoms with Gasteiger partial charge in [-0.2, -0.15) is 0 Å². The summed E-state index contributed by atoms with van der Waals surface area (Å²) in [6.07, 6.45) is 5.09. The Morgan fingerprint density at radius 2 is 1.65 bits per heavy atom. The molecule has 0 spiro atoms. The van der Waals surface area contributed by atoms with Crippen LogP contribution >= 0.6 is 15.9 Å². The van der Waals surface area contributed by atoms with E-state index in [1.54, 1.807) is 14.2 Å². The first kappa shape index (κ1) is 18.5. The molecule has 0 amide bonds. The molecule has 1 saturated carbocycles. The Bertz CT molecular complexity index is 488. The van der Waals surface area contributed by atoms with E-state index in [2.05, 4.69) is 15.9 Å². The molecule has 130 valence electrons. The highest BCUT2D eigenvalue weighted by molar-refractivity contribution is 9.10. The summed E-state index contributed by atoms with van der Waals surface area (Å²) >= 11 is 3.47. The highest BCUT2D eigenvalue weighted by Gasteiger charge is 2.27. The zero-order valence-corrected chi connectivity index (χ0v) is 15.3. The summed E-state index contributed by atoms with van der Waals surface area (Å²) in [7, 11) is 3.14. The third-order valence-corrected chi connectivity index (χ3v) is 4.76. The van der Waals surface area contributed by atoms with Gasteiger partial charge in [-0.3, -0.25) is 0 Å². The Hall–Kier alpha value is -0.820. The van der Waals surface area contributed by atoms with Crippen molar-refractivity contribution in [3.63, 3.8) is 0 Å². The van der Waals surface area contributed by atoms with Crippen molar-refractivity contribution in [3.8, 4) is 11.5 Å². The molecule has 1 atom stereocenters. The molecule has 5 nitrogen and oxygen atoms in total. The molecular weight excluding hydrogens is 364 g/mol. The highest BCUT2D eigenvalue weighted by Crippen LogP contribution is 2.42. The Morgan fingerprint density at radius 3 is 2.26 bits per heavy atom. The fourth-order valence-corrected chi connectivity index (χ4v) is 3.40. The van der Waals surface area contributed by atoms with E-state index in [1.807, 2.05) is 12.1 Å². The minimum absolute atomic E-state index is 0.134. The van der Waals surface area contributed by atoms with Crippen LogP contribution in [0.2, 0.25) is 0 Å². The van der Waals surface area contributed by atoms with Crippen molar-refractivity contribution in [3.05, 3.63) is 22.2 Å². The number of aliphatic hydroxyl groups excluding tert-OH is 1. The average molecular weight is 389 g/mol. The summed E-state index contributed by atoms with van der Waals surface area (Å²) in [4.78, 5) is 0. The number of rotatable bonds is 8. The van der Waals surface area contributed by atoms with E-state index in [-0.39, 0.29) is 19.5 Å². The molecule has 1 aromatic rings. The topological polar surface area (TPSA) is 57.2 Å². The Balaban J connectivity index is 2.27. The number of aliphatic hydroxyl groups is 1. The number of methoxy groups -OCH3 is 2. The molecule has 0 radical (unpaired) electrons. The summed E-state index contributed by atoms with van der Waals surface area (Å²) in [5.74, 6) is 1.49. The second-order valence-electron chi connectivity index (χ2n) is 5.77. The molecule has 0 aliphatic heterocycles. The largest absolute Gasteiger partial charge is 0.467 e. The number of halogens is 1. The number of hydrogen-bond acceptors (Lipinski definition) is 5. The molecule has 1 aliphatic rings.